The van der Waals surface area contributed by atoms with E-state index in [0.29, 0.717) is 34.8 Å². The molecule has 0 radical (unpaired) electrons. The van der Waals surface area contributed by atoms with Gasteiger partial charge in [0.15, 0.2) is 17.0 Å². The van der Waals surface area contributed by atoms with Crippen molar-refractivity contribution >= 4 is 11.6 Å². The van der Waals surface area contributed by atoms with Crippen molar-refractivity contribution in [3.63, 3.8) is 0 Å². The Bertz CT molecular complexity index is 1080. The summed E-state index contributed by atoms with van der Waals surface area (Å²) < 4.78 is 47.0. The molecule has 158 valence electrons. The first kappa shape index (κ1) is 20.2. The summed E-state index contributed by atoms with van der Waals surface area (Å²) in [5.74, 6) is 0.570. The smallest absolute Gasteiger partial charge is 0.433 e. The van der Waals surface area contributed by atoms with Gasteiger partial charge in [0.05, 0.1) is 12.8 Å². The first-order chi connectivity index (χ1) is 14.3. The fourth-order valence-electron chi connectivity index (χ4n) is 3.73. The molecule has 30 heavy (non-hydrogen) atoms. The van der Waals surface area contributed by atoms with Gasteiger partial charge in [0.1, 0.15) is 5.75 Å². The monoisotopic (exact) mass is 418 g/mol. The number of rotatable bonds is 3. The van der Waals surface area contributed by atoms with Crippen molar-refractivity contribution in [2.45, 2.75) is 25.9 Å². The van der Waals surface area contributed by atoms with Gasteiger partial charge in [-0.15, -0.1) is 0 Å². The second-order valence-corrected chi connectivity index (χ2v) is 7.55. The molecular weight excluding hydrogens is 397 g/mol. The molecule has 1 aliphatic heterocycles. The zero-order valence-electron chi connectivity index (χ0n) is 16.6. The van der Waals surface area contributed by atoms with Crippen molar-refractivity contribution in [2.24, 2.45) is 5.92 Å². The predicted molar refractivity (Wildman–Crippen MR) is 104 cm³/mol. The normalized spacial score (nSPS) is 17.4. The quantitative estimate of drug-likeness (QED) is 0.637. The molecule has 6 nitrogen and oxygen atoms in total. The number of halogens is 3. The summed E-state index contributed by atoms with van der Waals surface area (Å²) in [7, 11) is 1.51. The number of methoxy groups -OCH3 is 1. The number of amides is 1. The molecule has 1 amide bonds. The molecule has 9 heteroatoms. The summed E-state index contributed by atoms with van der Waals surface area (Å²) in [5.41, 5.74) is -0.395. The number of alkyl halides is 3. The molecule has 1 unspecified atom stereocenters. The van der Waals surface area contributed by atoms with Gasteiger partial charge >= 0.3 is 6.18 Å². The zero-order valence-corrected chi connectivity index (χ0v) is 16.6. The van der Waals surface area contributed by atoms with Crippen LogP contribution in [0.5, 0.6) is 5.75 Å². The van der Waals surface area contributed by atoms with Crippen LogP contribution in [-0.4, -0.2) is 45.6 Å². The summed E-state index contributed by atoms with van der Waals surface area (Å²) in [6.07, 6.45) is -2.76. The first-order valence-corrected chi connectivity index (χ1v) is 9.68. The van der Waals surface area contributed by atoms with Crippen molar-refractivity contribution < 1.29 is 22.7 Å². The lowest BCUT2D eigenvalue weighted by Gasteiger charge is -2.30. The first-order valence-electron chi connectivity index (χ1n) is 9.68. The van der Waals surface area contributed by atoms with Crippen LogP contribution in [-0.2, 0) is 6.18 Å². The van der Waals surface area contributed by atoms with Gasteiger partial charge in [-0.25, -0.2) is 9.50 Å². The summed E-state index contributed by atoms with van der Waals surface area (Å²) in [6, 6.07) is 8.84. The van der Waals surface area contributed by atoms with Crippen LogP contribution in [0.4, 0.5) is 13.2 Å². The van der Waals surface area contributed by atoms with E-state index in [0.717, 1.165) is 18.9 Å². The van der Waals surface area contributed by atoms with Gasteiger partial charge in [0, 0.05) is 24.7 Å². The highest BCUT2D eigenvalue weighted by molar-refractivity contribution is 5.93. The van der Waals surface area contributed by atoms with E-state index in [-0.39, 0.29) is 22.9 Å². The topological polar surface area (TPSA) is 59.7 Å². The number of hydrogen-bond acceptors (Lipinski definition) is 4. The molecule has 1 fully saturated rings. The van der Waals surface area contributed by atoms with E-state index >= 15 is 0 Å². The van der Waals surface area contributed by atoms with Crippen LogP contribution in [0, 0.1) is 5.92 Å². The Balaban J connectivity index is 1.78. The van der Waals surface area contributed by atoms with Gasteiger partial charge in [0.2, 0.25) is 0 Å². The maximum absolute atomic E-state index is 13.7. The summed E-state index contributed by atoms with van der Waals surface area (Å²) in [4.78, 5) is 18.8. The lowest BCUT2D eigenvalue weighted by molar-refractivity contribution is -0.142. The fourth-order valence-corrected chi connectivity index (χ4v) is 3.73. The third-order valence-corrected chi connectivity index (χ3v) is 5.27. The van der Waals surface area contributed by atoms with Crippen LogP contribution in [0.1, 0.15) is 35.9 Å². The Morgan fingerprint density at radius 2 is 1.93 bits per heavy atom. The molecule has 1 saturated heterocycles. The molecule has 0 saturated carbocycles. The molecule has 3 heterocycles. The molecular formula is C21H21F3N4O2. The number of likely N-dealkylation sites (tertiary alicyclic amines) is 1. The lowest BCUT2D eigenvalue weighted by Crippen LogP contribution is -2.39. The van der Waals surface area contributed by atoms with Crippen LogP contribution >= 0.6 is 0 Å². The highest BCUT2D eigenvalue weighted by atomic mass is 19.4. The third kappa shape index (κ3) is 3.83. The molecule has 3 aromatic rings. The average Bonchev–Trinajstić information content (AvgIpc) is 3.16. The van der Waals surface area contributed by atoms with Gasteiger partial charge in [-0.3, -0.25) is 4.79 Å². The number of fused-ring (bicyclic) bond motifs is 1. The van der Waals surface area contributed by atoms with Crippen molar-refractivity contribution in [3.05, 3.63) is 47.8 Å². The van der Waals surface area contributed by atoms with E-state index in [1.165, 1.54) is 13.2 Å². The maximum atomic E-state index is 13.7. The van der Waals surface area contributed by atoms with Crippen LogP contribution in [0.25, 0.3) is 16.9 Å². The molecule has 1 aliphatic rings. The minimum Gasteiger partial charge on any atom is -0.497 e. The Labute approximate surface area is 171 Å². The summed E-state index contributed by atoms with van der Waals surface area (Å²) >= 11 is 0. The predicted octanol–water partition coefficient (Wildman–Crippen LogP) is 4.30. The van der Waals surface area contributed by atoms with Crippen molar-refractivity contribution in [3.8, 4) is 17.0 Å². The van der Waals surface area contributed by atoms with E-state index in [1.54, 1.807) is 29.2 Å². The maximum Gasteiger partial charge on any atom is 0.433 e. The average molecular weight is 418 g/mol. The number of nitrogens with zero attached hydrogens (tertiary/aromatic N) is 4. The Morgan fingerprint density at radius 1 is 1.20 bits per heavy atom. The Morgan fingerprint density at radius 3 is 2.57 bits per heavy atom. The van der Waals surface area contributed by atoms with Crippen molar-refractivity contribution in [1.29, 1.82) is 0 Å². The molecule has 1 atom stereocenters. The molecule has 0 bridgehead atoms. The summed E-state index contributed by atoms with van der Waals surface area (Å²) in [6.45, 7) is 3.20. The van der Waals surface area contributed by atoms with E-state index in [2.05, 4.69) is 10.1 Å². The molecule has 1 aromatic carbocycles. The van der Waals surface area contributed by atoms with Gasteiger partial charge in [-0.1, -0.05) is 6.92 Å². The van der Waals surface area contributed by atoms with Crippen molar-refractivity contribution in [2.75, 3.05) is 20.2 Å². The number of benzene rings is 1. The van der Waals surface area contributed by atoms with Gasteiger partial charge in [-0.2, -0.15) is 18.3 Å². The molecule has 4 rings (SSSR count). The largest absolute Gasteiger partial charge is 0.497 e. The van der Waals surface area contributed by atoms with E-state index in [1.807, 2.05) is 6.92 Å². The van der Waals surface area contributed by atoms with Crippen LogP contribution in [0.2, 0.25) is 0 Å². The zero-order chi connectivity index (χ0) is 21.5. The SMILES string of the molecule is COc1ccc(-c2cc(C(F)(F)F)n3nc(C(=O)N4CCCC(C)C4)cc3n2)cc1. The van der Waals surface area contributed by atoms with Crippen LogP contribution in [0.15, 0.2) is 36.4 Å². The second-order valence-electron chi connectivity index (χ2n) is 7.55. The van der Waals surface area contributed by atoms with Gasteiger partial charge in [0.25, 0.3) is 5.91 Å². The molecule has 0 aliphatic carbocycles. The Kier molecular flexibility index (Phi) is 5.13. The third-order valence-electron chi connectivity index (χ3n) is 5.27. The number of piperidine rings is 1. The highest BCUT2D eigenvalue weighted by Gasteiger charge is 2.36. The summed E-state index contributed by atoms with van der Waals surface area (Å²) in [5, 5.41) is 3.96. The number of carbonyl (C=O) groups is 1. The molecule has 0 N–H and O–H groups in total. The van der Waals surface area contributed by atoms with Gasteiger partial charge in [-0.05, 0) is 49.1 Å². The number of hydrogen-bond donors (Lipinski definition) is 0. The van der Waals surface area contributed by atoms with Crippen LogP contribution in [0.3, 0.4) is 0 Å². The molecule has 2 aromatic heterocycles. The number of carbonyl (C=O) groups excluding carboxylic acids is 1. The lowest BCUT2D eigenvalue weighted by atomic mass is 10.00. The van der Waals surface area contributed by atoms with Gasteiger partial charge < -0.3 is 9.64 Å². The fraction of sp³-hybridized carbons (Fsp3) is 0.381. The number of aromatic nitrogens is 3. The number of ether oxygens (including phenoxy) is 1. The Hall–Kier alpha value is -3.10. The van der Waals surface area contributed by atoms with E-state index in [9.17, 15) is 18.0 Å². The second kappa shape index (κ2) is 7.62. The molecule has 0 spiro atoms. The standard InChI is InChI=1S/C21H21F3N4O2/c1-13-4-3-9-27(12-13)20(29)17-11-19-25-16(14-5-7-15(30-2)8-6-14)10-18(21(22,23)24)28(19)26-17/h5-8,10-11,13H,3-4,9,12H2,1-2H3. The minimum atomic E-state index is -4.66. The van der Waals surface area contributed by atoms with Crippen molar-refractivity contribution in [1.82, 2.24) is 19.5 Å². The van der Waals surface area contributed by atoms with E-state index in [4.69, 9.17) is 4.74 Å². The van der Waals surface area contributed by atoms with E-state index < -0.39 is 11.9 Å². The minimum absolute atomic E-state index is 0.0240. The van der Waals surface area contributed by atoms with Crippen LogP contribution < -0.4 is 4.74 Å². The highest BCUT2D eigenvalue weighted by Crippen LogP contribution is 2.33.